The zero-order valence-electron chi connectivity index (χ0n) is 22.8. The quantitative estimate of drug-likeness (QED) is 0.126. The number of carbonyl (C=O) groups excluding carboxylic acids is 1. The van der Waals surface area contributed by atoms with Crippen LogP contribution in [0.4, 0.5) is 15.6 Å². The van der Waals surface area contributed by atoms with Gasteiger partial charge in [0.1, 0.15) is 5.75 Å². The van der Waals surface area contributed by atoms with Gasteiger partial charge in [-0.3, -0.25) is 5.43 Å². The van der Waals surface area contributed by atoms with Crippen LogP contribution in [0.1, 0.15) is 71.9 Å². The van der Waals surface area contributed by atoms with Crippen molar-refractivity contribution in [2.45, 2.75) is 71.6 Å². The third-order valence-corrected chi connectivity index (χ3v) is 7.61. The first-order valence-corrected chi connectivity index (χ1v) is 13.6. The normalized spacial score (nSPS) is 11.7. The fourth-order valence-corrected chi connectivity index (χ4v) is 4.22. The van der Waals surface area contributed by atoms with Crippen molar-refractivity contribution in [3.05, 3.63) is 53.6 Å². The summed E-state index contributed by atoms with van der Waals surface area (Å²) in [5, 5.41) is 3.31. The number of nitrogens with zero attached hydrogens (tertiary/aromatic N) is 2. The van der Waals surface area contributed by atoms with Crippen LogP contribution in [0.5, 0.6) is 5.75 Å². The molecule has 9 heteroatoms. The minimum absolute atomic E-state index is 0.0106. The maximum atomic E-state index is 12.2. The van der Waals surface area contributed by atoms with Gasteiger partial charge in [0, 0.05) is 34.9 Å². The highest BCUT2D eigenvalue weighted by Gasteiger charge is 2.26. The number of amides is 2. The van der Waals surface area contributed by atoms with Crippen LogP contribution in [-0.4, -0.2) is 28.5 Å². The summed E-state index contributed by atoms with van der Waals surface area (Å²) in [6, 6.07) is 13.6. The van der Waals surface area contributed by atoms with Gasteiger partial charge in [-0.25, -0.2) is 10.2 Å². The highest BCUT2D eigenvalue weighted by Crippen LogP contribution is 2.38. The van der Waals surface area contributed by atoms with Crippen molar-refractivity contribution in [2.75, 3.05) is 24.3 Å². The molecule has 37 heavy (non-hydrogen) atoms. The monoisotopic (exact) mass is 524 g/mol. The molecule has 0 spiro atoms. The second-order valence-electron chi connectivity index (χ2n) is 10.4. The lowest BCUT2D eigenvalue weighted by Crippen LogP contribution is -2.39. The molecule has 5 N–H and O–H groups in total. The molecule has 8 nitrogen and oxygen atoms in total. The van der Waals surface area contributed by atoms with Crippen molar-refractivity contribution >= 4 is 28.4 Å². The number of hydrogen-bond acceptors (Lipinski definition) is 7. The topological polar surface area (TPSA) is 114 Å². The van der Waals surface area contributed by atoms with Crippen molar-refractivity contribution in [1.82, 2.24) is 20.1 Å². The first-order valence-electron chi connectivity index (χ1n) is 12.8. The Balaban J connectivity index is 1.46. The average Bonchev–Trinajstić information content (AvgIpc) is 3.36. The number of urea groups is 1. The van der Waals surface area contributed by atoms with Crippen molar-refractivity contribution in [3.63, 3.8) is 0 Å². The van der Waals surface area contributed by atoms with Gasteiger partial charge in [0.2, 0.25) is 5.13 Å². The highest BCUT2D eigenvalue weighted by molar-refractivity contribution is 7.09. The number of nitrogens with two attached hydrogens (primary N) is 1. The van der Waals surface area contributed by atoms with E-state index in [4.69, 9.17) is 10.5 Å². The smallest absolute Gasteiger partial charge is 0.333 e. The molecule has 3 rings (SSSR count). The number of aromatic nitrogens is 2. The molecule has 200 valence electrons. The van der Waals surface area contributed by atoms with Crippen LogP contribution < -0.4 is 26.6 Å². The third-order valence-electron chi connectivity index (χ3n) is 6.98. The van der Waals surface area contributed by atoms with Crippen molar-refractivity contribution in [1.29, 1.82) is 0 Å². The van der Waals surface area contributed by atoms with E-state index in [1.807, 2.05) is 12.1 Å². The van der Waals surface area contributed by atoms with E-state index in [9.17, 15) is 4.79 Å². The highest BCUT2D eigenvalue weighted by atomic mass is 32.1. The number of ether oxygens (including phenoxy) is 1. The van der Waals surface area contributed by atoms with E-state index in [1.54, 1.807) is 12.1 Å². The van der Waals surface area contributed by atoms with Crippen LogP contribution in [-0.2, 0) is 10.8 Å². The van der Waals surface area contributed by atoms with E-state index in [2.05, 4.69) is 85.3 Å². The Hall–Kier alpha value is -3.33. The number of anilines is 2. The largest absolute Gasteiger partial charge is 0.493 e. The Labute approximate surface area is 224 Å². The van der Waals surface area contributed by atoms with Gasteiger partial charge in [-0.2, -0.15) is 9.36 Å². The van der Waals surface area contributed by atoms with Gasteiger partial charge >= 0.3 is 6.03 Å². The number of benzene rings is 2. The van der Waals surface area contributed by atoms with Crippen LogP contribution in [0.15, 0.2) is 42.5 Å². The Morgan fingerprint density at radius 1 is 1.05 bits per heavy atom. The van der Waals surface area contributed by atoms with Crippen molar-refractivity contribution < 1.29 is 9.53 Å². The van der Waals surface area contributed by atoms with E-state index in [0.29, 0.717) is 36.2 Å². The predicted octanol–water partition coefficient (Wildman–Crippen LogP) is 6.26. The lowest BCUT2D eigenvalue weighted by Gasteiger charge is -2.30. The van der Waals surface area contributed by atoms with Gasteiger partial charge in [0.15, 0.2) is 5.82 Å². The summed E-state index contributed by atoms with van der Waals surface area (Å²) in [6.07, 6.45) is 2.77. The summed E-state index contributed by atoms with van der Waals surface area (Å²) in [7, 11) is 0. The minimum Gasteiger partial charge on any atom is -0.493 e. The molecular formula is C28H40N6O2S. The summed E-state index contributed by atoms with van der Waals surface area (Å²) in [4.78, 5) is 16.5. The molecule has 0 fully saturated rings. The first-order chi connectivity index (χ1) is 17.6. The molecule has 0 aliphatic carbocycles. The second-order valence-corrected chi connectivity index (χ2v) is 11.2. The number of hydrazine groups is 1. The SMILES string of the molecule is CCC(C)(C)c1ccc(OCCCNC(=O)NNc2nc(-c3cccc(N)c3)ns2)c(C(C)(C)CC)c1. The van der Waals surface area contributed by atoms with Crippen molar-refractivity contribution in [2.24, 2.45) is 0 Å². The summed E-state index contributed by atoms with van der Waals surface area (Å²) in [6.45, 7) is 14.5. The fourth-order valence-electron chi connectivity index (χ4n) is 3.68. The molecule has 1 aromatic heterocycles. The molecule has 0 bridgehead atoms. The van der Waals surface area contributed by atoms with Crippen LogP contribution in [0.25, 0.3) is 11.4 Å². The number of carbonyl (C=O) groups is 1. The van der Waals surface area contributed by atoms with Gasteiger partial charge in [-0.15, -0.1) is 0 Å². The molecule has 2 aromatic carbocycles. The lowest BCUT2D eigenvalue weighted by molar-refractivity contribution is 0.240. The molecule has 0 atom stereocenters. The predicted molar refractivity (Wildman–Crippen MR) is 153 cm³/mol. The molecule has 0 saturated heterocycles. The van der Waals surface area contributed by atoms with Crippen LogP contribution in [0.3, 0.4) is 0 Å². The standard InChI is InChI=1S/C28H40N6O2S/c1-7-27(3,4)20-13-14-23(22(18-20)28(5,6)8-2)36-16-10-15-30-25(35)32-33-26-31-24(34-37-26)19-11-9-12-21(29)17-19/h9,11-14,17-18H,7-8,10,15-16,29H2,1-6H3,(H2,30,32,35)(H,31,33,34). The third kappa shape index (κ3) is 7.58. The number of nitrogens with one attached hydrogen (secondary N) is 3. The van der Waals surface area contributed by atoms with Gasteiger partial charge in [0.25, 0.3) is 0 Å². The molecule has 2 amide bonds. The number of nitrogen functional groups attached to an aromatic ring is 1. The maximum Gasteiger partial charge on any atom is 0.333 e. The van der Waals surface area contributed by atoms with Crippen LogP contribution in [0.2, 0.25) is 0 Å². The van der Waals surface area contributed by atoms with E-state index < -0.39 is 0 Å². The Morgan fingerprint density at radius 3 is 2.51 bits per heavy atom. The number of rotatable bonds is 12. The first kappa shape index (κ1) is 28.2. The van der Waals surface area contributed by atoms with Gasteiger partial charge in [0.05, 0.1) is 6.61 Å². The molecular weight excluding hydrogens is 484 g/mol. The summed E-state index contributed by atoms with van der Waals surface area (Å²) in [5.41, 5.74) is 15.4. The Kier molecular flexibility index (Phi) is 9.37. The van der Waals surface area contributed by atoms with E-state index in [1.165, 1.54) is 11.1 Å². The molecule has 1 heterocycles. The van der Waals surface area contributed by atoms with Crippen LogP contribution >= 0.6 is 11.5 Å². The van der Waals surface area contributed by atoms with E-state index in [-0.39, 0.29) is 16.9 Å². The fraction of sp³-hybridized carbons (Fsp3) is 0.464. The van der Waals surface area contributed by atoms with Gasteiger partial charge < -0.3 is 15.8 Å². The Bertz CT molecular complexity index is 1190. The zero-order chi connectivity index (χ0) is 27.1. The maximum absolute atomic E-state index is 12.2. The molecule has 0 aliphatic rings. The summed E-state index contributed by atoms with van der Waals surface area (Å²) < 4.78 is 10.5. The Morgan fingerprint density at radius 2 is 1.81 bits per heavy atom. The number of hydrogen-bond donors (Lipinski definition) is 4. The molecule has 0 radical (unpaired) electrons. The lowest BCUT2D eigenvalue weighted by atomic mass is 9.76. The molecule has 0 aliphatic heterocycles. The molecule has 0 unspecified atom stereocenters. The average molecular weight is 525 g/mol. The minimum atomic E-state index is -0.348. The summed E-state index contributed by atoms with van der Waals surface area (Å²) >= 11 is 1.16. The van der Waals surface area contributed by atoms with Gasteiger partial charge in [-0.05, 0) is 53.9 Å². The van der Waals surface area contributed by atoms with Crippen LogP contribution in [0, 0.1) is 0 Å². The second kappa shape index (κ2) is 12.3. The molecule has 3 aromatic rings. The summed E-state index contributed by atoms with van der Waals surface area (Å²) in [5.74, 6) is 1.47. The zero-order valence-corrected chi connectivity index (χ0v) is 23.6. The molecule has 0 saturated carbocycles. The van der Waals surface area contributed by atoms with E-state index in [0.717, 1.165) is 35.7 Å². The van der Waals surface area contributed by atoms with E-state index >= 15 is 0 Å². The van der Waals surface area contributed by atoms with Crippen molar-refractivity contribution in [3.8, 4) is 17.1 Å². The van der Waals surface area contributed by atoms with Gasteiger partial charge in [-0.1, -0.05) is 65.8 Å².